The first-order valence-electron chi connectivity index (χ1n) is 8.78. The summed E-state index contributed by atoms with van der Waals surface area (Å²) in [6.07, 6.45) is 2.08. The minimum Gasteiger partial charge on any atom is -0.459 e. The summed E-state index contributed by atoms with van der Waals surface area (Å²) in [6.45, 7) is 0.998. The Hall–Kier alpha value is -3.39. The van der Waals surface area contributed by atoms with Crippen LogP contribution in [0, 0.1) is 0 Å². The van der Waals surface area contributed by atoms with Crippen LogP contribution in [0.1, 0.15) is 31.7 Å². The van der Waals surface area contributed by atoms with Gasteiger partial charge in [-0.1, -0.05) is 29.5 Å². The van der Waals surface area contributed by atoms with Crippen molar-refractivity contribution >= 4 is 39.3 Å². The van der Waals surface area contributed by atoms with Crippen LogP contribution < -0.4 is 5.32 Å². The number of furan rings is 2. The first-order valence-corrected chi connectivity index (χ1v) is 9.60. The van der Waals surface area contributed by atoms with Gasteiger partial charge in [-0.05, 0) is 24.3 Å². The van der Waals surface area contributed by atoms with Crippen LogP contribution in [0.4, 0.5) is 5.13 Å². The van der Waals surface area contributed by atoms with Gasteiger partial charge >= 0.3 is 0 Å². The van der Waals surface area contributed by atoms with Gasteiger partial charge in [-0.25, -0.2) is 4.98 Å². The van der Waals surface area contributed by atoms with Crippen molar-refractivity contribution in [2.45, 2.75) is 13.0 Å². The lowest BCUT2D eigenvalue weighted by Crippen LogP contribution is -2.35. The quantitative estimate of drug-likeness (QED) is 0.570. The largest absolute Gasteiger partial charge is 0.459 e. The van der Waals surface area contributed by atoms with Crippen molar-refractivity contribution in [1.29, 1.82) is 0 Å². The molecule has 8 heteroatoms. The number of hydrogen-bond acceptors (Lipinski definition) is 6. The summed E-state index contributed by atoms with van der Waals surface area (Å²) in [7, 11) is 0. The number of amides is 2. The smallest absolute Gasteiger partial charge is 0.293 e. The Kier molecular flexibility index (Phi) is 3.98. The average molecular weight is 393 g/mol. The molecule has 5 rings (SSSR count). The fourth-order valence-electron chi connectivity index (χ4n) is 3.23. The molecule has 1 aliphatic rings. The minimum absolute atomic E-state index is 0.142. The zero-order valence-electron chi connectivity index (χ0n) is 14.7. The second kappa shape index (κ2) is 6.65. The molecule has 1 aromatic carbocycles. The van der Waals surface area contributed by atoms with E-state index in [2.05, 4.69) is 10.3 Å². The van der Waals surface area contributed by atoms with Crippen molar-refractivity contribution in [2.75, 3.05) is 11.9 Å². The molecule has 1 aliphatic heterocycles. The molecule has 0 unspecified atom stereocenters. The lowest BCUT2D eigenvalue weighted by Gasteiger charge is -2.25. The number of benzene rings is 1. The van der Waals surface area contributed by atoms with E-state index in [1.165, 1.54) is 17.6 Å². The first kappa shape index (κ1) is 16.8. The van der Waals surface area contributed by atoms with Crippen LogP contribution in [-0.2, 0) is 13.0 Å². The van der Waals surface area contributed by atoms with Gasteiger partial charge in [-0.2, -0.15) is 0 Å². The SMILES string of the molecule is O=C(Nc1nc2c(s1)CN(C(=O)c1cc3ccccc3o1)CC2)c1ccco1. The normalized spacial score (nSPS) is 13.5. The molecule has 0 spiro atoms. The van der Waals surface area contributed by atoms with Crippen molar-refractivity contribution in [1.82, 2.24) is 9.88 Å². The number of nitrogens with one attached hydrogen (secondary N) is 1. The fraction of sp³-hybridized carbons (Fsp3) is 0.150. The van der Waals surface area contributed by atoms with E-state index in [0.717, 1.165) is 16.0 Å². The predicted molar refractivity (Wildman–Crippen MR) is 103 cm³/mol. The monoisotopic (exact) mass is 393 g/mol. The number of rotatable bonds is 3. The Morgan fingerprint density at radius 3 is 2.86 bits per heavy atom. The summed E-state index contributed by atoms with van der Waals surface area (Å²) >= 11 is 1.37. The molecule has 28 heavy (non-hydrogen) atoms. The van der Waals surface area contributed by atoms with Crippen LogP contribution in [0.15, 0.2) is 57.6 Å². The summed E-state index contributed by atoms with van der Waals surface area (Å²) in [5.74, 6) is 0.0816. The summed E-state index contributed by atoms with van der Waals surface area (Å²) < 4.78 is 10.8. The van der Waals surface area contributed by atoms with E-state index in [1.807, 2.05) is 24.3 Å². The van der Waals surface area contributed by atoms with Gasteiger partial charge in [0.1, 0.15) is 5.58 Å². The first-order chi connectivity index (χ1) is 13.7. The molecule has 4 heterocycles. The van der Waals surface area contributed by atoms with Crippen molar-refractivity contribution < 1.29 is 18.4 Å². The maximum Gasteiger partial charge on any atom is 0.293 e. The van der Waals surface area contributed by atoms with E-state index in [4.69, 9.17) is 8.83 Å². The number of carbonyl (C=O) groups excluding carboxylic acids is 2. The Morgan fingerprint density at radius 2 is 2.04 bits per heavy atom. The molecule has 7 nitrogen and oxygen atoms in total. The molecule has 140 valence electrons. The van der Waals surface area contributed by atoms with Crippen molar-refractivity contribution in [2.24, 2.45) is 0 Å². The van der Waals surface area contributed by atoms with Crippen LogP contribution >= 0.6 is 11.3 Å². The van der Waals surface area contributed by atoms with Gasteiger partial charge in [0.2, 0.25) is 0 Å². The summed E-state index contributed by atoms with van der Waals surface area (Å²) in [6, 6.07) is 12.6. The number of anilines is 1. The standard InChI is InChI=1S/C20H15N3O4S/c24-18(15-6-3-9-26-15)22-20-21-13-7-8-23(11-17(13)28-20)19(25)16-10-12-4-1-2-5-14(12)27-16/h1-6,9-10H,7-8,11H2,(H,21,22,24). The fourth-order valence-corrected chi connectivity index (χ4v) is 4.25. The molecule has 1 N–H and O–H groups in total. The highest BCUT2D eigenvalue weighted by molar-refractivity contribution is 7.15. The number of para-hydroxylation sites is 1. The lowest BCUT2D eigenvalue weighted by molar-refractivity contribution is 0.0706. The number of aromatic nitrogens is 1. The molecule has 2 amide bonds. The van der Waals surface area contributed by atoms with Gasteiger partial charge in [0.05, 0.1) is 18.5 Å². The number of thiazole rings is 1. The van der Waals surface area contributed by atoms with Gasteiger partial charge < -0.3 is 13.7 Å². The van der Waals surface area contributed by atoms with Crippen LogP contribution in [-0.4, -0.2) is 28.2 Å². The molecule has 0 saturated heterocycles. The van der Waals surface area contributed by atoms with Gasteiger partial charge in [0.15, 0.2) is 16.7 Å². The van der Waals surface area contributed by atoms with Gasteiger partial charge in [0, 0.05) is 23.2 Å². The van der Waals surface area contributed by atoms with E-state index < -0.39 is 0 Å². The third-order valence-electron chi connectivity index (χ3n) is 4.62. The predicted octanol–water partition coefficient (Wildman–Crippen LogP) is 3.93. The number of fused-ring (bicyclic) bond motifs is 2. The topological polar surface area (TPSA) is 88.6 Å². The van der Waals surface area contributed by atoms with Crippen LogP contribution in [0.25, 0.3) is 11.0 Å². The minimum atomic E-state index is -0.341. The molecule has 0 radical (unpaired) electrons. The number of carbonyl (C=O) groups is 2. The van der Waals surface area contributed by atoms with E-state index in [0.29, 0.717) is 36.0 Å². The zero-order chi connectivity index (χ0) is 19.1. The van der Waals surface area contributed by atoms with Crippen molar-refractivity contribution in [3.63, 3.8) is 0 Å². The van der Waals surface area contributed by atoms with Crippen molar-refractivity contribution in [3.8, 4) is 0 Å². The van der Waals surface area contributed by atoms with Gasteiger partial charge in [-0.3, -0.25) is 14.9 Å². The molecule has 0 bridgehead atoms. The zero-order valence-corrected chi connectivity index (χ0v) is 15.5. The van der Waals surface area contributed by atoms with Crippen LogP contribution in [0.5, 0.6) is 0 Å². The highest BCUT2D eigenvalue weighted by atomic mass is 32.1. The highest BCUT2D eigenvalue weighted by Crippen LogP contribution is 2.30. The molecule has 0 fully saturated rings. The molecule has 0 aliphatic carbocycles. The Bertz CT molecular complexity index is 1140. The molecule has 4 aromatic rings. The van der Waals surface area contributed by atoms with E-state index in [-0.39, 0.29) is 17.6 Å². The molecule has 0 saturated carbocycles. The lowest BCUT2D eigenvalue weighted by atomic mass is 10.1. The van der Waals surface area contributed by atoms with E-state index in [9.17, 15) is 9.59 Å². The maximum atomic E-state index is 12.9. The Balaban J connectivity index is 1.33. The molecule has 3 aromatic heterocycles. The Labute approximate surface area is 163 Å². The Morgan fingerprint density at radius 1 is 1.14 bits per heavy atom. The van der Waals surface area contributed by atoms with Gasteiger partial charge in [-0.15, -0.1) is 0 Å². The second-order valence-electron chi connectivity index (χ2n) is 6.45. The second-order valence-corrected chi connectivity index (χ2v) is 7.53. The average Bonchev–Trinajstić information content (AvgIpc) is 3.44. The summed E-state index contributed by atoms with van der Waals surface area (Å²) in [4.78, 5) is 32.2. The molecular weight excluding hydrogens is 378 g/mol. The van der Waals surface area contributed by atoms with Crippen molar-refractivity contribution in [3.05, 3.63) is 70.8 Å². The number of hydrogen-bond donors (Lipinski definition) is 1. The summed E-state index contributed by atoms with van der Waals surface area (Å²) in [5.41, 5.74) is 1.61. The van der Waals surface area contributed by atoms with E-state index in [1.54, 1.807) is 23.1 Å². The van der Waals surface area contributed by atoms with Crippen LogP contribution in [0.3, 0.4) is 0 Å². The summed E-state index contributed by atoms with van der Waals surface area (Å²) in [5, 5.41) is 4.16. The maximum absolute atomic E-state index is 12.9. The van der Waals surface area contributed by atoms with Crippen LogP contribution in [0.2, 0.25) is 0 Å². The molecular formula is C20H15N3O4S. The third-order valence-corrected chi connectivity index (χ3v) is 5.62. The van der Waals surface area contributed by atoms with Gasteiger partial charge in [0.25, 0.3) is 11.8 Å². The number of nitrogens with zero attached hydrogens (tertiary/aromatic N) is 2. The highest BCUT2D eigenvalue weighted by Gasteiger charge is 2.27. The molecule has 0 atom stereocenters. The van der Waals surface area contributed by atoms with E-state index >= 15 is 0 Å². The third kappa shape index (κ3) is 2.97.